The van der Waals surface area contributed by atoms with E-state index < -0.39 is 11.8 Å². The fourth-order valence-corrected chi connectivity index (χ4v) is 5.90. The van der Waals surface area contributed by atoms with Gasteiger partial charge in [0, 0.05) is 39.8 Å². The molecule has 0 spiro atoms. The van der Waals surface area contributed by atoms with Gasteiger partial charge in [0.2, 0.25) is 5.91 Å². The summed E-state index contributed by atoms with van der Waals surface area (Å²) in [5.41, 5.74) is 5.54. The van der Waals surface area contributed by atoms with Crippen LogP contribution in [0.1, 0.15) is 51.9 Å². The highest BCUT2D eigenvalue weighted by Crippen LogP contribution is 2.42. The first-order chi connectivity index (χ1) is 20.2. The molecule has 2 aliphatic rings. The fraction of sp³-hybridized carbons (Fsp3) is 0.294. The largest absolute Gasteiger partial charge is 0.489 e. The van der Waals surface area contributed by atoms with E-state index in [0.717, 1.165) is 59.5 Å². The minimum absolute atomic E-state index is 0.0290. The zero-order chi connectivity index (χ0) is 29.8. The number of fused-ring (bicyclic) bond motifs is 1. The number of carbonyl (C=O) groups is 2. The van der Waals surface area contributed by atoms with Crippen molar-refractivity contribution in [3.8, 4) is 5.75 Å². The molecule has 0 bridgehead atoms. The van der Waals surface area contributed by atoms with Gasteiger partial charge in [0.05, 0.1) is 10.6 Å². The van der Waals surface area contributed by atoms with E-state index in [0.29, 0.717) is 24.9 Å². The van der Waals surface area contributed by atoms with E-state index in [9.17, 15) is 19.1 Å². The van der Waals surface area contributed by atoms with Crippen molar-refractivity contribution >= 4 is 34.6 Å². The highest BCUT2D eigenvalue weighted by molar-refractivity contribution is 6.33. The molecule has 0 radical (unpaired) electrons. The van der Waals surface area contributed by atoms with Gasteiger partial charge in [-0.25, -0.2) is 9.18 Å². The lowest BCUT2D eigenvalue weighted by Gasteiger charge is -2.19. The summed E-state index contributed by atoms with van der Waals surface area (Å²) in [5, 5.41) is 9.66. The zero-order valence-corrected chi connectivity index (χ0v) is 24.5. The number of rotatable bonds is 8. The number of carboxylic acid groups (broad SMARTS) is 1. The number of aryl methyl sites for hydroxylation is 1. The number of hydrogen-bond donors (Lipinski definition) is 1. The number of hydrogen-bond acceptors (Lipinski definition) is 4. The van der Waals surface area contributed by atoms with Crippen LogP contribution in [0.25, 0.3) is 11.1 Å². The van der Waals surface area contributed by atoms with Crippen LogP contribution in [-0.4, -0.2) is 66.6 Å². The molecule has 0 aromatic heterocycles. The molecule has 1 fully saturated rings. The summed E-state index contributed by atoms with van der Waals surface area (Å²) < 4.78 is 20.9. The van der Waals surface area contributed by atoms with E-state index in [-0.39, 0.29) is 22.6 Å². The molecule has 3 aromatic carbocycles. The third kappa shape index (κ3) is 6.58. The van der Waals surface area contributed by atoms with Crippen LogP contribution < -0.4 is 4.74 Å². The highest BCUT2D eigenvalue weighted by atomic mass is 35.5. The van der Waals surface area contributed by atoms with Gasteiger partial charge < -0.3 is 14.7 Å². The lowest BCUT2D eigenvalue weighted by molar-refractivity contribution is -0.123. The third-order valence-corrected chi connectivity index (χ3v) is 8.20. The minimum atomic E-state index is -0.967. The van der Waals surface area contributed by atoms with E-state index >= 15 is 0 Å². The van der Waals surface area contributed by atoms with Gasteiger partial charge in [0.25, 0.3) is 0 Å². The van der Waals surface area contributed by atoms with Crippen molar-refractivity contribution in [1.82, 2.24) is 9.80 Å². The smallest absolute Gasteiger partial charge is 0.335 e. The molecule has 1 atom stereocenters. The monoisotopic (exact) mass is 588 g/mol. The molecule has 1 amide bonds. The molecule has 5 rings (SSSR count). The summed E-state index contributed by atoms with van der Waals surface area (Å²) in [4.78, 5) is 27.3. The van der Waals surface area contributed by atoms with E-state index in [1.807, 2.05) is 42.5 Å². The summed E-state index contributed by atoms with van der Waals surface area (Å²) >= 11 is 6.49. The number of amides is 1. The maximum atomic E-state index is 14.6. The Balaban J connectivity index is 1.42. The van der Waals surface area contributed by atoms with Crippen molar-refractivity contribution in [3.63, 3.8) is 0 Å². The molecular weight excluding hydrogens is 555 g/mol. The summed E-state index contributed by atoms with van der Waals surface area (Å²) in [6.45, 7) is 2.36. The van der Waals surface area contributed by atoms with Crippen molar-refractivity contribution in [3.05, 3.63) is 111 Å². The lowest BCUT2D eigenvalue weighted by atomic mass is 9.87. The van der Waals surface area contributed by atoms with Gasteiger partial charge in [0.1, 0.15) is 17.7 Å². The number of carboxylic acids is 1. The molecule has 1 aliphatic heterocycles. The van der Waals surface area contributed by atoms with Gasteiger partial charge in [-0.1, -0.05) is 48.0 Å². The number of nitrogens with zero attached hydrogens (tertiary/aromatic N) is 2. The average Bonchev–Trinajstić information content (AvgIpc) is 3.32. The van der Waals surface area contributed by atoms with E-state index in [4.69, 9.17) is 16.3 Å². The zero-order valence-electron chi connectivity index (χ0n) is 23.8. The van der Waals surface area contributed by atoms with Crippen LogP contribution in [0.4, 0.5) is 4.39 Å². The van der Waals surface area contributed by atoms with Gasteiger partial charge in [-0.15, -0.1) is 0 Å². The summed E-state index contributed by atoms with van der Waals surface area (Å²) in [6.07, 6.45) is 6.57. The number of aromatic carboxylic acids is 1. The Hall–Kier alpha value is -3.94. The summed E-state index contributed by atoms with van der Waals surface area (Å²) in [6, 6.07) is 18.0. The predicted octanol–water partition coefficient (Wildman–Crippen LogP) is 6.57. The normalized spacial score (nSPS) is 17.3. The van der Waals surface area contributed by atoms with Crippen LogP contribution in [0.2, 0.25) is 5.02 Å². The number of ether oxygens (including phenoxy) is 1. The quantitative estimate of drug-likeness (QED) is 0.301. The van der Waals surface area contributed by atoms with Gasteiger partial charge in [-0.05, 0) is 89.4 Å². The molecule has 1 saturated heterocycles. The topological polar surface area (TPSA) is 70.1 Å². The molecule has 8 heteroatoms. The standard InChI is InChI=1S/C34H34ClFN2O4/c1-37(2)31(39)10-5-18-38-19-17-26(21-38)42-25-14-11-22(12-15-25)32-27-16-13-24(34(40)41)20-23(27)6-3-7-28(32)29-8-4-9-30(36)33(29)35/h4-5,8-16,20,26H,3,6-7,17-19,21H2,1-2H3,(H,40,41)/b10-5+/t26-/m0/s1. The van der Waals surface area contributed by atoms with Gasteiger partial charge >= 0.3 is 5.97 Å². The van der Waals surface area contributed by atoms with Crippen molar-refractivity contribution in [2.45, 2.75) is 31.8 Å². The molecule has 1 aliphatic carbocycles. The Labute approximate surface area is 250 Å². The molecule has 218 valence electrons. The SMILES string of the molecule is CN(C)C(=O)/C=C/CN1CC[C@H](Oc2ccc(C3=C(c4cccc(F)c4Cl)CCCc4cc(C(=O)O)ccc43)cc2)C1. The second kappa shape index (κ2) is 12.9. The van der Waals surface area contributed by atoms with Crippen LogP contribution in [0.3, 0.4) is 0 Å². The first kappa shape index (κ1) is 29.5. The second-order valence-corrected chi connectivity index (χ2v) is 11.3. The third-order valence-electron chi connectivity index (χ3n) is 7.81. The van der Waals surface area contributed by atoms with E-state index in [2.05, 4.69) is 4.90 Å². The van der Waals surface area contributed by atoms with E-state index in [1.165, 1.54) is 6.07 Å². The van der Waals surface area contributed by atoms with Crippen molar-refractivity contribution in [2.24, 2.45) is 0 Å². The summed E-state index contributed by atoms with van der Waals surface area (Å²) in [5.74, 6) is -0.713. The Bertz CT molecular complexity index is 1550. The maximum absolute atomic E-state index is 14.6. The number of benzene rings is 3. The Morgan fingerprint density at radius 1 is 1.10 bits per heavy atom. The van der Waals surface area contributed by atoms with E-state index in [1.54, 1.807) is 43.3 Å². The van der Waals surface area contributed by atoms with Crippen molar-refractivity contribution < 1.29 is 23.8 Å². The Morgan fingerprint density at radius 3 is 2.62 bits per heavy atom. The molecular formula is C34H34ClFN2O4. The number of carbonyl (C=O) groups excluding carboxylic acids is 1. The van der Waals surface area contributed by atoms with Crippen LogP contribution in [-0.2, 0) is 11.2 Å². The molecule has 0 saturated carbocycles. The maximum Gasteiger partial charge on any atom is 0.335 e. The number of halogens is 2. The number of likely N-dealkylation sites (tertiary alicyclic amines) is 1. The fourth-order valence-electron chi connectivity index (χ4n) is 5.66. The highest BCUT2D eigenvalue weighted by Gasteiger charge is 2.25. The molecule has 1 heterocycles. The second-order valence-electron chi connectivity index (χ2n) is 10.9. The van der Waals surface area contributed by atoms with Crippen LogP contribution >= 0.6 is 11.6 Å². The molecule has 6 nitrogen and oxygen atoms in total. The molecule has 0 unspecified atom stereocenters. The van der Waals surface area contributed by atoms with Gasteiger partial charge in [0.15, 0.2) is 0 Å². The molecule has 1 N–H and O–H groups in total. The first-order valence-electron chi connectivity index (χ1n) is 14.1. The van der Waals surface area contributed by atoms with Crippen molar-refractivity contribution in [2.75, 3.05) is 33.7 Å². The first-order valence-corrected chi connectivity index (χ1v) is 14.5. The minimum Gasteiger partial charge on any atom is -0.489 e. The van der Waals surface area contributed by atoms with Gasteiger partial charge in [-0.2, -0.15) is 0 Å². The number of likely N-dealkylation sites (N-methyl/N-ethyl adjacent to an activating group) is 1. The average molecular weight is 589 g/mol. The Morgan fingerprint density at radius 2 is 1.88 bits per heavy atom. The molecule has 3 aromatic rings. The lowest BCUT2D eigenvalue weighted by Crippen LogP contribution is -2.25. The van der Waals surface area contributed by atoms with Crippen LogP contribution in [0.5, 0.6) is 5.75 Å². The van der Waals surface area contributed by atoms with Crippen LogP contribution in [0, 0.1) is 5.82 Å². The number of allylic oxidation sites excluding steroid dienone is 1. The summed E-state index contributed by atoms with van der Waals surface area (Å²) in [7, 11) is 3.46. The van der Waals surface area contributed by atoms with Crippen LogP contribution in [0.15, 0.2) is 72.8 Å². The van der Waals surface area contributed by atoms with Gasteiger partial charge in [-0.3, -0.25) is 9.69 Å². The Kier molecular flexibility index (Phi) is 9.09. The molecule has 42 heavy (non-hydrogen) atoms. The predicted molar refractivity (Wildman–Crippen MR) is 163 cm³/mol. The van der Waals surface area contributed by atoms with Crippen molar-refractivity contribution in [1.29, 1.82) is 0 Å².